The molecular weight excluding hydrogens is 353 g/mol. The average molecular weight is 374 g/mol. The number of amides is 1. The van der Waals surface area contributed by atoms with Crippen molar-refractivity contribution in [1.82, 2.24) is 4.90 Å². The Morgan fingerprint density at radius 1 is 1.25 bits per heavy atom. The Labute approximate surface area is 151 Å². The number of carboxylic acids is 1. The molecule has 1 aromatic rings. The van der Waals surface area contributed by atoms with Crippen LogP contribution in [-0.2, 0) is 9.53 Å². The Kier molecular flexibility index (Phi) is 5.66. The van der Waals surface area contributed by atoms with Gasteiger partial charge in [-0.3, -0.25) is 4.90 Å². The zero-order valence-electron chi connectivity index (χ0n) is 13.9. The number of rotatable bonds is 5. The molecule has 2 rings (SSSR count). The number of nitrogens with zero attached hydrogens (tertiary/aromatic N) is 1. The number of carbonyl (C=O) groups is 2. The average Bonchev–Trinajstić information content (AvgIpc) is 3.18. The van der Waals surface area contributed by atoms with E-state index in [-0.39, 0.29) is 0 Å². The molecule has 132 valence electrons. The minimum atomic E-state index is -1.20. The second-order valence-corrected chi connectivity index (χ2v) is 7.89. The van der Waals surface area contributed by atoms with E-state index in [1.54, 1.807) is 20.8 Å². The first-order chi connectivity index (χ1) is 11.1. The Balaban J connectivity index is 2.37. The molecule has 0 saturated heterocycles. The summed E-state index contributed by atoms with van der Waals surface area (Å²) in [5.74, 6) is -0.853. The molecule has 5 nitrogen and oxygen atoms in total. The van der Waals surface area contributed by atoms with Crippen LogP contribution in [0.4, 0.5) is 4.79 Å². The first-order valence-corrected chi connectivity index (χ1v) is 8.51. The molecule has 0 aliphatic heterocycles. The minimum Gasteiger partial charge on any atom is -0.479 e. The van der Waals surface area contributed by atoms with Crippen LogP contribution in [0.3, 0.4) is 0 Å². The lowest BCUT2D eigenvalue weighted by atomic mass is 10.1. The van der Waals surface area contributed by atoms with Gasteiger partial charge in [0, 0.05) is 16.6 Å². The Hall–Kier alpha value is -1.46. The normalized spacial score (nSPS) is 15.7. The summed E-state index contributed by atoms with van der Waals surface area (Å²) in [5.41, 5.74) is -0.361. The molecule has 24 heavy (non-hydrogen) atoms. The first kappa shape index (κ1) is 18.9. The third-order valence-electron chi connectivity index (χ3n) is 3.53. The highest BCUT2D eigenvalue weighted by atomic mass is 35.5. The van der Waals surface area contributed by atoms with E-state index in [0.29, 0.717) is 28.1 Å². The van der Waals surface area contributed by atoms with Crippen LogP contribution in [0.5, 0.6) is 0 Å². The number of halogens is 2. The van der Waals surface area contributed by atoms with Gasteiger partial charge in [0.05, 0.1) is 0 Å². The van der Waals surface area contributed by atoms with Crippen LogP contribution in [0.25, 0.3) is 0 Å². The van der Waals surface area contributed by atoms with Gasteiger partial charge in [-0.1, -0.05) is 23.2 Å². The van der Waals surface area contributed by atoms with E-state index >= 15 is 0 Å². The Bertz CT molecular complexity index is 618. The zero-order chi connectivity index (χ0) is 18.1. The predicted molar refractivity (Wildman–Crippen MR) is 92.5 cm³/mol. The van der Waals surface area contributed by atoms with Gasteiger partial charge in [0.2, 0.25) is 0 Å². The lowest BCUT2D eigenvalue weighted by Gasteiger charge is -2.32. The summed E-state index contributed by atoms with van der Waals surface area (Å²) in [4.78, 5) is 25.7. The number of carboxylic acid groups (broad SMARTS) is 1. The van der Waals surface area contributed by atoms with Gasteiger partial charge in [0.1, 0.15) is 5.60 Å². The molecule has 1 saturated carbocycles. The van der Waals surface area contributed by atoms with Gasteiger partial charge in [-0.2, -0.15) is 0 Å². The molecule has 1 N–H and O–H groups in total. The summed E-state index contributed by atoms with van der Waals surface area (Å²) in [7, 11) is 0. The number of ether oxygens (including phenoxy) is 1. The van der Waals surface area contributed by atoms with Gasteiger partial charge in [-0.15, -0.1) is 0 Å². The van der Waals surface area contributed by atoms with Crippen molar-refractivity contribution in [3.63, 3.8) is 0 Å². The van der Waals surface area contributed by atoms with Crippen molar-refractivity contribution in [2.45, 2.75) is 45.3 Å². The molecule has 0 heterocycles. The fourth-order valence-electron chi connectivity index (χ4n) is 2.37. The molecule has 0 spiro atoms. The predicted octanol–water partition coefficient (Wildman–Crippen LogP) is 4.77. The second kappa shape index (κ2) is 7.19. The maximum absolute atomic E-state index is 12.6. The molecule has 1 amide bonds. The Morgan fingerprint density at radius 2 is 1.79 bits per heavy atom. The maximum Gasteiger partial charge on any atom is 0.411 e. The molecule has 7 heteroatoms. The summed E-state index contributed by atoms with van der Waals surface area (Å²) in [6, 6.07) is 3.34. The molecule has 1 aliphatic rings. The van der Waals surface area contributed by atoms with E-state index in [1.165, 1.54) is 23.1 Å². The van der Waals surface area contributed by atoms with Crippen LogP contribution in [-0.4, -0.2) is 34.2 Å². The van der Waals surface area contributed by atoms with Gasteiger partial charge in [0.25, 0.3) is 0 Å². The molecule has 0 aromatic heterocycles. The van der Waals surface area contributed by atoms with E-state index in [9.17, 15) is 14.7 Å². The lowest BCUT2D eigenvalue weighted by molar-refractivity contribution is -0.143. The quantitative estimate of drug-likeness (QED) is 0.807. The van der Waals surface area contributed by atoms with Crippen molar-refractivity contribution in [3.8, 4) is 0 Å². The smallest absolute Gasteiger partial charge is 0.411 e. The van der Waals surface area contributed by atoms with Crippen LogP contribution in [0.2, 0.25) is 10.0 Å². The first-order valence-electron chi connectivity index (χ1n) is 7.75. The van der Waals surface area contributed by atoms with Gasteiger partial charge < -0.3 is 9.84 Å². The zero-order valence-corrected chi connectivity index (χ0v) is 15.4. The Morgan fingerprint density at radius 3 is 2.21 bits per heavy atom. The van der Waals surface area contributed by atoms with E-state index in [0.717, 1.165) is 12.8 Å². The number of hydrogen-bond acceptors (Lipinski definition) is 3. The van der Waals surface area contributed by atoms with Crippen LogP contribution >= 0.6 is 23.2 Å². The minimum absolute atomic E-state index is 0.300. The molecule has 1 unspecified atom stereocenters. The van der Waals surface area contributed by atoms with Crippen LogP contribution < -0.4 is 0 Å². The summed E-state index contributed by atoms with van der Waals surface area (Å²) in [6.45, 7) is 5.56. The number of carbonyl (C=O) groups excluding carboxylic acids is 1. The van der Waals surface area contributed by atoms with Crippen molar-refractivity contribution in [3.05, 3.63) is 33.8 Å². The fraction of sp³-hybridized carbons (Fsp3) is 0.529. The standard InChI is InChI=1S/C17H21Cl2NO4/c1-17(2,3)24-16(23)20(9-10-4-5-10)14(15(21)22)11-6-12(18)8-13(19)7-11/h6-8,10,14H,4-5,9H2,1-3H3,(H,21,22). The van der Waals surface area contributed by atoms with Crippen molar-refractivity contribution >= 4 is 35.3 Å². The van der Waals surface area contributed by atoms with Crippen molar-refractivity contribution in [2.24, 2.45) is 5.92 Å². The monoisotopic (exact) mass is 373 g/mol. The molecule has 1 aromatic carbocycles. The fourth-order valence-corrected chi connectivity index (χ4v) is 2.92. The van der Waals surface area contributed by atoms with Gasteiger partial charge >= 0.3 is 12.1 Å². The summed E-state index contributed by atoms with van der Waals surface area (Å²) in [6.07, 6.45) is 1.29. The number of aliphatic carboxylic acids is 1. The molecule has 1 aliphatic carbocycles. The van der Waals surface area contributed by atoms with E-state index in [4.69, 9.17) is 27.9 Å². The van der Waals surface area contributed by atoms with Gasteiger partial charge in [-0.25, -0.2) is 9.59 Å². The highest BCUT2D eigenvalue weighted by Crippen LogP contribution is 2.35. The SMILES string of the molecule is CC(C)(C)OC(=O)N(CC1CC1)C(C(=O)O)c1cc(Cl)cc(Cl)c1. The maximum atomic E-state index is 12.6. The third kappa shape index (κ3) is 5.28. The summed E-state index contributed by atoms with van der Waals surface area (Å²) >= 11 is 12.0. The molecule has 1 atom stereocenters. The van der Waals surface area contributed by atoms with Crippen molar-refractivity contribution in [1.29, 1.82) is 0 Å². The number of benzene rings is 1. The molecule has 1 fully saturated rings. The number of hydrogen-bond donors (Lipinski definition) is 1. The lowest BCUT2D eigenvalue weighted by Crippen LogP contribution is -2.43. The topological polar surface area (TPSA) is 66.8 Å². The van der Waals surface area contributed by atoms with E-state index in [2.05, 4.69) is 0 Å². The molecular formula is C17H21Cl2NO4. The van der Waals surface area contributed by atoms with Crippen LogP contribution in [0, 0.1) is 5.92 Å². The van der Waals surface area contributed by atoms with Crippen molar-refractivity contribution in [2.75, 3.05) is 6.54 Å². The highest BCUT2D eigenvalue weighted by Gasteiger charge is 2.38. The summed E-state index contributed by atoms with van der Waals surface area (Å²) in [5, 5.41) is 10.4. The van der Waals surface area contributed by atoms with Crippen molar-refractivity contribution < 1.29 is 19.4 Å². The van der Waals surface area contributed by atoms with Crippen LogP contribution in [0.15, 0.2) is 18.2 Å². The van der Waals surface area contributed by atoms with E-state index < -0.39 is 23.7 Å². The highest BCUT2D eigenvalue weighted by molar-refractivity contribution is 6.34. The second-order valence-electron chi connectivity index (χ2n) is 7.02. The van der Waals surface area contributed by atoms with Gasteiger partial charge in [-0.05, 0) is 63.3 Å². The van der Waals surface area contributed by atoms with Gasteiger partial charge in [0.15, 0.2) is 6.04 Å². The van der Waals surface area contributed by atoms with E-state index in [1.807, 2.05) is 0 Å². The molecule has 0 bridgehead atoms. The largest absolute Gasteiger partial charge is 0.479 e. The third-order valence-corrected chi connectivity index (χ3v) is 3.96. The molecule has 0 radical (unpaired) electrons. The van der Waals surface area contributed by atoms with Crippen LogP contribution in [0.1, 0.15) is 45.2 Å². The summed E-state index contributed by atoms with van der Waals surface area (Å²) < 4.78 is 5.40.